The van der Waals surface area contributed by atoms with Crippen molar-refractivity contribution in [3.05, 3.63) is 0 Å². The van der Waals surface area contributed by atoms with Crippen LogP contribution in [0.1, 0.15) is 46.0 Å². The van der Waals surface area contributed by atoms with Gasteiger partial charge in [-0.25, -0.2) is 0 Å². The van der Waals surface area contributed by atoms with E-state index in [9.17, 15) is 0 Å². The minimum atomic E-state index is 0.799. The van der Waals surface area contributed by atoms with Crippen molar-refractivity contribution in [3.8, 4) is 0 Å². The second-order valence-corrected chi connectivity index (χ2v) is 4.37. The molecule has 0 bridgehead atoms. The Labute approximate surface area is 64.0 Å². The minimum absolute atomic E-state index is 0.799. The molecule has 0 N–H and O–H groups in total. The van der Waals surface area contributed by atoms with E-state index >= 15 is 0 Å². The van der Waals surface area contributed by atoms with E-state index in [0.717, 1.165) is 5.41 Å². The lowest BCUT2D eigenvalue weighted by molar-refractivity contribution is 0.242. The molecule has 2 unspecified atom stereocenters. The molecule has 0 nitrogen and oxygen atoms in total. The zero-order valence-corrected chi connectivity index (χ0v) is 7.19. The van der Waals surface area contributed by atoms with Gasteiger partial charge in [0, 0.05) is 0 Å². The van der Waals surface area contributed by atoms with Gasteiger partial charge >= 0.3 is 0 Å². The van der Waals surface area contributed by atoms with Crippen molar-refractivity contribution in [1.82, 2.24) is 0 Å². The maximum absolute atomic E-state index is 2.37. The summed E-state index contributed by atoms with van der Waals surface area (Å²) in [4.78, 5) is 0. The lowest BCUT2D eigenvalue weighted by atomic mass is 9.78. The zero-order valence-electron chi connectivity index (χ0n) is 7.19. The largest absolute Gasteiger partial charge is 0.0649 e. The van der Waals surface area contributed by atoms with Crippen LogP contribution >= 0.6 is 0 Å². The maximum Gasteiger partial charge on any atom is -0.0297 e. The Hall–Kier alpha value is 0. The van der Waals surface area contributed by atoms with E-state index < -0.39 is 0 Å². The predicted octanol–water partition coefficient (Wildman–Crippen LogP) is 3.22. The monoisotopic (exact) mass is 138 g/mol. The van der Waals surface area contributed by atoms with E-state index in [-0.39, 0.29) is 0 Å². The number of hydrogen-bond acceptors (Lipinski definition) is 0. The van der Waals surface area contributed by atoms with Gasteiger partial charge in [0.25, 0.3) is 0 Å². The molecule has 2 aliphatic carbocycles. The van der Waals surface area contributed by atoms with Gasteiger partial charge in [0.05, 0.1) is 0 Å². The average molecular weight is 138 g/mol. The summed E-state index contributed by atoms with van der Waals surface area (Å²) in [6.45, 7) is 4.74. The second kappa shape index (κ2) is 1.99. The van der Waals surface area contributed by atoms with Gasteiger partial charge in [-0.3, -0.25) is 0 Å². The number of rotatable bonds is 2. The number of fused-ring (bicyclic) bond motifs is 1. The van der Waals surface area contributed by atoms with Crippen LogP contribution < -0.4 is 0 Å². The molecule has 0 amide bonds. The second-order valence-electron chi connectivity index (χ2n) is 4.37. The summed E-state index contributed by atoms with van der Waals surface area (Å²) in [6.07, 6.45) is 7.55. The molecular formula is C10H18. The van der Waals surface area contributed by atoms with Crippen molar-refractivity contribution in [3.63, 3.8) is 0 Å². The molecule has 2 fully saturated rings. The first-order valence-electron chi connectivity index (χ1n) is 4.79. The van der Waals surface area contributed by atoms with Crippen LogP contribution in [0.5, 0.6) is 0 Å². The van der Waals surface area contributed by atoms with Crippen LogP contribution in [-0.2, 0) is 0 Å². The first kappa shape index (κ1) is 6.69. The fourth-order valence-electron chi connectivity index (χ4n) is 2.83. The van der Waals surface area contributed by atoms with Gasteiger partial charge < -0.3 is 0 Å². The molecule has 10 heavy (non-hydrogen) atoms. The number of hydrogen-bond donors (Lipinski definition) is 0. The molecule has 0 saturated heterocycles. The summed E-state index contributed by atoms with van der Waals surface area (Å²) < 4.78 is 0. The van der Waals surface area contributed by atoms with Crippen LogP contribution in [0.15, 0.2) is 0 Å². The molecule has 58 valence electrons. The smallest absolute Gasteiger partial charge is 0.0297 e. The molecule has 0 heteroatoms. The highest BCUT2D eigenvalue weighted by molar-refractivity contribution is 5.02. The third-order valence-electron chi connectivity index (χ3n) is 3.96. The van der Waals surface area contributed by atoms with Crippen LogP contribution in [0.25, 0.3) is 0 Å². The molecule has 2 rings (SSSR count). The van der Waals surface area contributed by atoms with Crippen LogP contribution in [0, 0.1) is 17.3 Å². The van der Waals surface area contributed by atoms with Gasteiger partial charge in [0.1, 0.15) is 0 Å². The summed E-state index contributed by atoms with van der Waals surface area (Å²) >= 11 is 0. The molecule has 0 aromatic carbocycles. The van der Waals surface area contributed by atoms with Crippen molar-refractivity contribution >= 4 is 0 Å². The fraction of sp³-hybridized carbons (Fsp3) is 1.00. The Morgan fingerprint density at radius 1 is 1.10 bits per heavy atom. The summed E-state index contributed by atoms with van der Waals surface area (Å²) in [6, 6.07) is 0. The maximum atomic E-state index is 2.37. The lowest BCUT2D eigenvalue weighted by Gasteiger charge is -2.27. The van der Waals surface area contributed by atoms with Crippen LogP contribution in [0.3, 0.4) is 0 Å². The van der Waals surface area contributed by atoms with Gasteiger partial charge in [-0.05, 0) is 36.5 Å². The van der Waals surface area contributed by atoms with Gasteiger partial charge in [-0.1, -0.05) is 26.7 Å². The topological polar surface area (TPSA) is 0 Å². The Balaban J connectivity index is 2.02. The highest BCUT2D eigenvalue weighted by Gasteiger charge is 2.51. The average Bonchev–Trinajstić information content (AvgIpc) is 2.60. The highest BCUT2D eigenvalue weighted by atomic mass is 14.6. The Kier molecular flexibility index (Phi) is 1.33. The van der Waals surface area contributed by atoms with Crippen molar-refractivity contribution in [2.45, 2.75) is 46.0 Å². The quantitative estimate of drug-likeness (QED) is 0.549. The Bertz CT molecular complexity index is 121. The molecule has 0 aromatic heterocycles. The molecule has 0 spiro atoms. The van der Waals surface area contributed by atoms with E-state index in [1.807, 2.05) is 0 Å². The standard InChI is InChI=1S/C10H18/c1-3-10(4-2)6-8-5-9(8)7-10/h8-9H,3-7H2,1-2H3. The first-order chi connectivity index (χ1) is 4.79. The van der Waals surface area contributed by atoms with Gasteiger partial charge in [0.15, 0.2) is 0 Å². The van der Waals surface area contributed by atoms with E-state index in [2.05, 4.69) is 13.8 Å². The van der Waals surface area contributed by atoms with Gasteiger partial charge in [-0.15, -0.1) is 0 Å². The summed E-state index contributed by atoms with van der Waals surface area (Å²) in [5, 5.41) is 0. The highest BCUT2D eigenvalue weighted by Crippen LogP contribution is 2.62. The molecule has 2 atom stereocenters. The van der Waals surface area contributed by atoms with Gasteiger partial charge in [0.2, 0.25) is 0 Å². The third kappa shape index (κ3) is 0.810. The SMILES string of the molecule is CCC1(CC)CC2CC2C1. The molecule has 2 aliphatic rings. The van der Waals surface area contributed by atoms with E-state index in [0.29, 0.717) is 0 Å². The van der Waals surface area contributed by atoms with Crippen LogP contribution in [0.2, 0.25) is 0 Å². The first-order valence-corrected chi connectivity index (χ1v) is 4.79. The molecule has 0 aromatic rings. The normalized spacial score (nSPS) is 41.4. The summed E-state index contributed by atoms with van der Waals surface area (Å²) in [5.74, 6) is 2.33. The van der Waals surface area contributed by atoms with Crippen LogP contribution in [0.4, 0.5) is 0 Å². The van der Waals surface area contributed by atoms with Crippen molar-refractivity contribution < 1.29 is 0 Å². The van der Waals surface area contributed by atoms with Crippen molar-refractivity contribution in [2.75, 3.05) is 0 Å². The van der Waals surface area contributed by atoms with E-state index in [1.165, 1.54) is 24.7 Å². The zero-order chi connectivity index (χ0) is 7.19. The van der Waals surface area contributed by atoms with Crippen molar-refractivity contribution in [2.24, 2.45) is 17.3 Å². The molecule has 0 heterocycles. The summed E-state index contributed by atoms with van der Waals surface area (Å²) in [7, 11) is 0. The Morgan fingerprint density at radius 2 is 1.60 bits per heavy atom. The molecule has 0 aliphatic heterocycles. The lowest BCUT2D eigenvalue weighted by Crippen LogP contribution is -2.15. The Morgan fingerprint density at radius 3 is 1.90 bits per heavy atom. The van der Waals surface area contributed by atoms with Crippen LogP contribution in [-0.4, -0.2) is 0 Å². The summed E-state index contributed by atoms with van der Waals surface area (Å²) in [5.41, 5.74) is 0.799. The molecular weight excluding hydrogens is 120 g/mol. The third-order valence-corrected chi connectivity index (χ3v) is 3.96. The van der Waals surface area contributed by atoms with Gasteiger partial charge in [-0.2, -0.15) is 0 Å². The predicted molar refractivity (Wildman–Crippen MR) is 43.8 cm³/mol. The van der Waals surface area contributed by atoms with E-state index in [1.54, 1.807) is 19.3 Å². The minimum Gasteiger partial charge on any atom is -0.0649 e. The van der Waals surface area contributed by atoms with Crippen molar-refractivity contribution in [1.29, 1.82) is 0 Å². The van der Waals surface area contributed by atoms with E-state index in [4.69, 9.17) is 0 Å². The molecule has 2 saturated carbocycles. The fourth-order valence-corrected chi connectivity index (χ4v) is 2.83. The molecule has 0 radical (unpaired) electrons.